The van der Waals surface area contributed by atoms with Gasteiger partial charge in [0.15, 0.2) is 5.82 Å². The van der Waals surface area contributed by atoms with Crippen LogP contribution in [-0.4, -0.2) is 54.4 Å². The molecule has 2 atom stereocenters. The first-order valence-corrected chi connectivity index (χ1v) is 16.0. The van der Waals surface area contributed by atoms with Crippen molar-refractivity contribution < 1.29 is 21.9 Å². The van der Waals surface area contributed by atoms with Crippen LogP contribution in [0.4, 0.5) is 20.3 Å². The molecule has 0 spiro atoms. The summed E-state index contributed by atoms with van der Waals surface area (Å²) in [6, 6.07) is 10.3. The van der Waals surface area contributed by atoms with Crippen LogP contribution in [0.3, 0.4) is 0 Å². The minimum atomic E-state index is -3.81. The molecule has 2 aliphatic rings. The third-order valence-electron chi connectivity index (χ3n) is 8.23. The van der Waals surface area contributed by atoms with E-state index in [-0.39, 0.29) is 40.1 Å². The smallest absolute Gasteiger partial charge is 0.246 e. The van der Waals surface area contributed by atoms with Gasteiger partial charge in [-0.25, -0.2) is 32.2 Å². The average Bonchev–Trinajstić information content (AvgIpc) is 2.97. The summed E-state index contributed by atoms with van der Waals surface area (Å²) in [6.45, 7) is 4.45. The van der Waals surface area contributed by atoms with Gasteiger partial charge in [0.25, 0.3) is 0 Å². The Morgan fingerprint density at radius 2 is 1.84 bits per heavy atom. The lowest BCUT2D eigenvalue weighted by Gasteiger charge is -2.37. The third-order valence-corrected chi connectivity index (χ3v) is 9.82. The molecule has 2 fully saturated rings. The molecule has 6 rings (SSSR count). The van der Waals surface area contributed by atoms with Crippen LogP contribution in [0.1, 0.15) is 38.2 Å². The van der Waals surface area contributed by atoms with Crippen molar-refractivity contribution in [1.82, 2.24) is 20.3 Å². The summed E-state index contributed by atoms with van der Waals surface area (Å²) < 4.78 is 64.9. The van der Waals surface area contributed by atoms with E-state index in [1.165, 1.54) is 12.4 Å². The van der Waals surface area contributed by atoms with E-state index in [1.807, 2.05) is 6.92 Å². The van der Waals surface area contributed by atoms with Crippen LogP contribution >= 0.6 is 0 Å². The zero-order chi connectivity index (χ0) is 30.2. The summed E-state index contributed by atoms with van der Waals surface area (Å²) in [6.07, 6.45) is 6.72. The second kappa shape index (κ2) is 11.6. The summed E-state index contributed by atoms with van der Waals surface area (Å²) in [5.74, 6) is 0.113. The summed E-state index contributed by atoms with van der Waals surface area (Å²) >= 11 is 0. The number of benzene rings is 2. The van der Waals surface area contributed by atoms with Crippen molar-refractivity contribution in [2.45, 2.75) is 51.7 Å². The Morgan fingerprint density at radius 1 is 1.07 bits per heavy atom. The lowest BCUT2D eigenvalue weighted by atomic mass is 9.72. The fourth-order valence-corrected chi connectivity index (χ4v) is 7.66. The molecule has 0 radical (unpaired) electrons. The predicted octanol–water partition coefficient (Wildman–Crippen LogP) is 5.98. The molecular formula is C31H34F2N6O3S. The molecule has 226 valence electrons. The first kappa shape index (κ1) is 29.2. The number of sulfonamides is 1. The molecule has 0 bridgehead atoms. The molecule has 2 aromatic carbocycles. The SMILES string of the molecule is Cc1c(F)c(NS(=O)(=O)CC2(C)CCC2)c2ccccc2c1Oc1nccnc1-c1ccnc(NC2CNCC(F)C2)c1. The van der Waals surface area contributed by atoms with Crippen LogP contribution in [0.5, 0.6) is 11.6 Å². The van der Waals surface area contributed by atoms with E-state index >= 15 is 4.39 Å². The van der Waals surface area contributed by atoms with Gasteiger partial charge in [-0.15, -0.1) is 0 Å². The molecule has 3 heterocycles. The van der Waals surface area contributed by atoms with Crippen molar-refractivity contribution in [3.05, 3.63) is 66.4 Å². The summed E-state index contributed by atoms with van der Waals surface area (Å²) in [7, 11) is -3.81. The van der Waals surface area contributed by atoms with E-state index in [0.717, 1.165) is 19.3 Å². The molecule has 2 unspecified atom stereocenters. The summed E-state index contributed by atoms with van der Waals surface area (Å²) in [5.41, 5.74) is 0.785. The molecule has 1 aliphatic heterocycles. The van der Waals surface area contributed by atoms with E-state index in [9.17, 15) is 12.8 Å². The quantitative estimate of drug-likeness (QED) is 0.213. The number of aromatic nitrogens is 3. The highest BCUT2D eigenvalue weighted by Crippen LogP contribution is 2.44. The molecule has 12 heteroatoms. The number of fused-ring (bicyclic) bond motifs is 1. The fraction of sp³-hybridized carbons (Fsp3) is 0.387. The first-order chi connectivity index (χ1) is 20.6. The normalized spacial score (nSPS) is 19.9. The van der Waals surface area contributed by atoms with Crippen LogP contribution in [0.25, 0.3) is 22.0 Å². The van der Waals surface area contributed by atoms with E-state index in [4.69, 9.17) is 4.74 Å². The van der Waals surface area contributed by atoms with Gasteiger partial charge >= 0.3 is 0 Å². The van der Waals surface area contributed by atoms with E-state index < -0.39 is 22.0 Å². The van der Waals surface area contributed by atoms with Crippen molar-refractivity contribution >= 4 is 32.3 Å². The largest absolute Gasteiger partial charge is 0.436 e. The lowest BCUT2D eigenvalue weighted by molar-refractivity contribution is 0.194. The van der Waals surface area contributed by atoms with E-state index in [0.29, 0.717) is 47.4 Å². The monoisotopic (exact) mass is 608 g/mol. The molecule has 1 saturated heterocycles. The number of halogens is 2. The third kappa shape index (κ3) is 6.25. The zero-order valence-corrected chi connectivity index (χ0v) is 24.8. The number of hydrogen-bond acceptors (Lipinski definition) is 8. The topological polar surface area (TPSA) is 118 Å². The van der Waals surface area contributed by atoms with Crippen molar-refractivity contribution in [3.8, 4) is 22.9 Å². The number of nitrogens with one attached hydrogen (secondary N) is 3. The van der Waals surface area contributed by atoms with E-state index in [2.05, 4.69) is 30.3 Å². The number of ether oxygens (including phenoxy) is 1. The maximum absolute atomic E-state index is 16.0. The first-order valence-electron chi connectivity index (χ1n) is 14.4. The number of pyridine rings is 1. The Balaban J connectivity index is 1.33. The second-order valence-corrected chi connectivity index (χ2v) is 13.5. The number of hydrogen-bond donors (Lipinski definition) is 3. The Labute approximate surface area is 249 Å². The predicted molar refractivity (Wildman–Crippen MR) is 163 cm³/mol. The minimum Gasteiger partial charge on any atom is -0.436 e. The summed E-state index contributed by atoms with van der Waals surface area (Å²) in [4.78, 5) is 13.3. The van der Waals surface area contributed by atoms with Gasteiger partial charge in [-0.3, -0.25) is 4.72 Å². The van der Waals surface area contributed by atoms with Crippen molar-refractivity contribution in [1.29, 1.82) is 0 Å². The van der Waals surface area contributed by atoms with Crippen molar-refractivity contribution in [3.63, 3.8) is 0 Å². The Morgan fingerprint density at radius 3 is 2.58 bits per heavy atom. The van der Waals surface area contributed by atoms with E-state index in [1.54, 1.807) is 49.5 Å². The van der Waals surface area contributed by atoms with Crippen LogP contribution in [-0.2, 0) is 10.0 Å². The zero-order valence-electron chi connectivity index (χ0n) is 24.0. The molecular weight excluding hydrogens is 574 g/mol. The highest BCUT2D eigenvalue weighted by Gasteiger charge is 2.37. The maximum atomic E-state index is 16.0. The van der Waals surface area contributed by atoms with Gasteiger partial charge in [0.05, 0.1) is 11.4 Å². The Kier molecular flexibility index (Phi) is 7.91. The average molecular weight is 609 g/mol. The number of rotatable bonds is 9. The van der Waals surface area contributed by atoms with Gasteiger partial charge in [0.2, 0.25) is 15.9 Å². The van der Waals surface area contributed by atoms with Crippen LogP contribution < -0.4 is 20.1 Å². The van der Waals surface area contributed by atoms with Crippen molar-refractivity contribution in [2.75, 3.05) is 28.9 Å². The molecule has 3 N–H and O–H groups in total. The maximum Gasteiger partial charge on any atom is 0.246 e. The molecule has 2 aromatic heterocycles. The van der Waals surface area contributed by atoms with Crippen molar-refractivity contribution in [2.24, 2.45) is 5.41 Å². The Hall–Kier alpha value is -3.90. The number of anilines is 2. The summed E-state index contributed by atoms with van der Waals surface area (Å²) in [5, 5.41) is 7.23. The van der Waals surface area contributed by atoms with Gasteiger partial charge in [0.1, 0.15) is 23.4 Å². The number of nitrogens with zero attached hydrogens (tertiary/aromatic N) is 3. The standard InChI is InChI=1S/C31H34F2N6O3S/c1-19-26(33)28(39-43(40,41)18-31(2)9-5-10-31)23-6-3-4-7-24(23)29(19)42-30-27(36-12-13-37-30)20-8-11-35-25(14-20)38-22-15-21(32)16-34-17-22/h3-4,6-8,11-14,21-22,34,39H,5,9-10,15-18H2,1-2H3,(H,35,38). The highest BCUT2D eigenvalue weighted by atomic mass is 32.2. The minimum absolute atomic E-state index is 0.0670. The second-order valence-electron chi connectivity index (χ2n) is 11.8. The lowest BCUT2D eigenvalue weighted by Crippen LogP contribution is -2.44. The molecule has 4 aromatic rings. The molecule has 1 saturated carbocycles. The fourth-order valence-electron chi connectivity index (χ4n) is 5.87. The number of alkyl halides is 1. The number of piperidine rings is 1. The van der Waals surface area contributed by atoms with Gasteiger partial charge < -0.3 is 15.4 Å². The van der Waals surface area contributed by atoms with Gasteiger partial charge in [-0.05, 0) is 37.3 Å². The molecule has 9 nitrogen and oxygen atoms in total. The van der Waals surface area contributed by atoms with Gasteiger partial charge in [0, 0.05) is 66.0 Å². The highest BCUT2D eigenvalue weighted by molar-refractivity contribution is 7.92. The molecule has 43 heavy (non-hydrogen) atoms. The van der Waals surface area contributed by atoms with Crippen LogP contribution in [0.2, 0.25) is 0 Å². The van der Waals surface area contributed by atoms with Gasteiger partial charge in [-0.2, -0.15) is 0 Å². The molecule has 0 amide bonds. The van der Waals surface area contributed by atoms with Crippen LogP contribution in [0.15, 0.2) is 55.0 Å². The van der Waals surface area contributed by atoms with Gasteiger partial charge in [-0.1, -0.05) is 37.6 Å². The van der Waals surface area contributed by atoms with Crippen LogP contribution in [0, 0.1) is 18.2 Å². The molecule has 1 aliphatic carbocycles. The Bertz CT molecular complexity index is 1770.